The molecular weight excluding hydrogens is 520 g/mol. The molecule has 4 aromatic rings. The highest BCUT2D eigenvalue weighted by Gasteiger charge is 2.23. The van der Waals surface area contributed by atoms with Gasteiger partial charge >= 0.3 is 11.9 Å². The van der Waals surface area contributed by atoms with Crippen LogP contribution >= 0.6 is 0 Å². The predicted molar refractivity (Wildman–Crippen MR) is 172 cm³/mol. The summed E-state index contributed by atoms with van der Waals surface area (Å²) in [5, 5.41) is 0. The third-order valence-corrected chi connectivity index (χ3v) is 7.21. The van der Waals surface area contributed by atoms with Crippen molar-refractivity contribution in [1.82, 2.24) is 0 Å². The quantitative estimate of drug-likeness (QED) is 0.110. The molecule has 0 unspecified atom stereocenters. The van der Waals surface area contributed by atoms with E-state index < -0.39 is 11.9 Å². The number of carbonyl (C=O) groups excluding carboxylic acids is 2. The molecule has 1 aliphatic rings. The first-order valence-corrected chi connectivity index (χ1v) is 13.4. The zero-order valence-corrected chi connectivity index (χ0v) is 23.8. The Bertz CT molecular complexity index is 1730. The summed E-state index contributed by atoms with van der Waals surface area (Å²) in [6.07, 6.45) is 3.34. The molecule has 0 saturated heterocycles. The van der Waals surface area contributed by atoms with Gasteiger partial charge in [0.05, 0.1) is 0 Å². The van der Waals surface area contributed by atoms with Crippen molar-refractivity contribution in [3.63, 3.8) is 0 Å². The molecule has 4 nitrogen and oxygen atoms in total. The largest absolute Gasteiger partial charge is 0.423 e. The monoisotopic (exact) mass is 550 g/mol. The van der Waals surface area contributed by atoms with Gasteiger partial charge in [-0.15, -0.1) is 0 Å². The van der Waals surface area contributed by atoms with Crippen LogP contribution in [0.15, 0.2) is 117 Å². The second-order valence-corrected chi connectivity index (χ2v) is 10.3. The predicted octanol–water partition coefficient (Wildman–Crippen LogP) is 9.31. The summed E-state index contributed by atoms with van der Waals surface area (Å²) in [7, 11) is 0. The van der Waals surface area contributed by atoms with Gasteiger partial charge in [-0.25, -0.2) is 9.59 Å². The molecule has 0 bridgehead atoms. The highest BCUT2D eigenvalue weighted by Crippen LogP contribution is 2.46. The van der Waals surface area contributed by atoms with Crippen molar-refractivity contribution in [1.29, 1.82) is 0 Å². The Morgan fingerprint density at radius 1 is 0.571 bits per heavy atom. The van der Waals surface area contributed by atoms with E-state index in [1.54, 1.807) is 38.1 Å². The van der Waals surface area contributed by atoms with Gasteiger partial charge in [-0.1, -0.05) is 81.4 Å². The second-order valence-electron chi connectivity index (χ2n) is 10.3. The van der Waals surface area contributed by atoms with E-state index in [-0.39, 0.29) is 0 Å². The van der Waals surface area contributed by atoms with Gasteiger partial charge in [-0.05, 0) is 100 Å². The van der Waals surface area contributed by atoms with Gasteiger partial charge in [-0.3, -0.25) is 0 Å². The van der Waals surface area contributed by atoms with E-state index in [0.29, 0.717) is 33.8 Å². The molecular formula is C38H30O4. The standard InChI is InChI=1S/C38H30O4/c1-8-25-18-27(12-16-35(25)41-37(39)22(3)4)29-10-14-31-32-15-11-30(21-34(32)24(7)33(31)20-29)28-13-17-36(26(9-2)19-28)42-38(40)23(5)6/h8-21H,1-3,5,7H2,4,6H3. The average molecular weight is 551 g/mol. The summed E-state index contributed by atoms with van der Waals surface area (Å²) in [4.78, 5) is 24.1. The van der Waals surface area contributed by atoms with Gasteiger partial charge in [0.2, 0.25) is 0 Å². The highest BCUT2D eigenvalue weighted by molar-refractivity contribution is 6.02. The van der Waals surface area contributed by atoms with E-state index in [1.807, 2.05) is 24.3 Å². The zero-order chi connectivity index (χ0) is 30.1. The molecule has 0 heterocycles. The molecule has 0 fully saturated rings. The summed E-state index contributed by atoms with van der Waals surface area (Å²) in [6, 6.07) is 24.0. The fraction of sp³-hybridized carbons (Fsp3) is 0.0526. The maximum Gasteiger partial charge on any atom is 0.338 e. The first-order valence-electron chi connectivity index (χ1n) is 13.4. The highest BCUT2D eigenvalue weighted by atomic mass is 16.5. The smallest absolute Gasteiger partial charge is 0.338 e. The first-order chi connectivity index (χ1) is 20.1. The molecule has 0 radical (unpaired) electrons. The van der Waals surface area contributed by atoms with Crippen molar-refractivity contribution in [2.75, 3.05) is 0 Å². The van der Waals surface area contributed by atoms with Crippen molar-refractivity contribution >= 4 is 29.7 Å². The van der Waals surface area contributed by atoms with Gasteiger partial charge in [0.15, 0.2) is 0 Å². The lowest BCUT2D eigenvalue weighted by Gasteiger charge is -2.11. The SMILES string of the molecule is C=Cc1cc(-c2ccc3c(c2)C(=C)c2cc(-c4ccc(OC(=O)C(=C)C)c(C=C)c4)ccc2-3)ccc1OC(=O)C(=C)C. The molecule has 5 rings (SSSR count). The van der Waals surface area contributed by atoms with E-state index >= 15 is 0 Å². The van der Waals surface area contributed by atoms with Crippen LogP contribution < -0.4 is 9.47 Å². The fourth-order valence-corrected chi connectivity index (χ4v) is 4.90. The first kappa shape index (κ1) is 28.1. The van der Waals surface area contributed by atoms with Gasteiger partial charge in [-0.2, -0.15) is 0 Å². The molecule has 0 N–H and O–H groups in total. The molecule has 4 aromatic carbocycles. The Morgan fingerprint density at radius 2 is 0.929 bits per heavy atom. The Morgan fingerprint density at radius 3 is 1.29 bits per heavy atom. The minimum atomic E-state index is -0.473. The number of hydrogen-bond donors (Lipinski definition) is 0. The summed E-state index contributed by atoms with van der Waals surface area (Å²) >= 11 is 0. The van der Waals surface area contributed by atoms with Crippen LogP contribution in [0.1, 0.15) is 36.1 Å². The number of rotatable bonds is 8. The Kier molecular flexibility index (Phi) is 7.47. The Labute approximate surface area is 246 Å². The van der Waals surface area contributed by atoms with Crippen molar-refractivity contribution in [3.8, 4) is 44.9 Å². The number of fused-ring (bicyclic) bond motifs is 3. The van der Waals surface area contributed by atoms with Crippen molar-refractivity contribution in [2.24, 2.45) is 0 Å². The number of benzene rings is 4. The molecule has 0 spiro atoms. The van der Waals surface area contributed by atoms with Crippen LogP contribution in [0, 0.1) is 0 Å². The van der Waals surface area contributed by atoms with Crippen LogP contribution in [0.25, 0.3) is 51.1 Å². The van der Waals surface area contributed by atoms with Crippen LogP contribution in [0.3, 0.4) is 0 Å². The van der Waals surface area contributed by atoms with E-state index in [0.717, 1.165) is 50.1 Å². The maximum atomic E-state index is 12.0. The maximum absolute atomic E-state index is 12.0. The third kappa shape index (κ3) is 5.18. The second kappa shape index (κ2) is 11.2. The number of carbonyl (C=O) groups is 2. The van der Waals surface area contributed by atoms with Crippen LogP contribution in [0.5, 0.6) is 11.5 Å². The molecule has 1 aliphatic carbocycles. The van der Waals surface area contributed by atoms with Crippen LogP contribution in [0.4, 0.5) is 0 Å². The molecule has 4 heteroatoms. The van der Waals surface area contributed by atoms with E-state index in [9.17, 15) is 9.59 Å². The van der Waals surface area contributed by atoms with Crippen molar-refractivity contribution in [2.45, 2.75) is 13.8 Å². The van der Waals surface area contributed by atoms with Gasteiger partial charge in [0.25, 0.3) is 0 Å². The van der Waals surface area contributed by atoms with Gasteiger partial charge in [0.1, 0.15) is 11.5 Å². The summed E-state index contributed by atoms with van der Waals surface area (Å²) < 4.78 is 10.9. The Balaban J connectivity index is 1.45. The van der Waals surface area contributed by atoms with E-state index in [4.69, 9.17) is 9.47 Å². The van der Waals surface area contributed by atoms with Gasteiger partial charge in [0, 0.05) is 22.3 Å². The molecule has 0 amide bonds. The molecule has 0 aliphatic heterocycles. The van der Waals surface area contributed by atoms with Crippen LogP contribution in [-0.4, -0.2) is 11.9 Å². The minimum Gasteiger partial charge on any atom is -0.423 e. The molecule has 0 saturated carbocycles. The van der Waals surface area contributed by atoms with Gasteiger partial charge < -0.3 is 9.47 Å². The van der Waals surface area contributed by atoms with Crippen molar-refractivity contribution < 1.29 is 19.1 Å². The third-order valence-electron chi connectivity index (χ3n) is 7.21. The molecule has 206 valence electrons. The lowest BCUT2D eigenvalue weighted by molar-refractivity contribution is -0.130. The average Bonchev–Trinajstić information content (AvgIpc) is 3.27. The zero-order valence-electron chi connectivity index (χ0n) is 23.8. The van der Waals surface area contributed by atoms with E-state index in [2.05, 4.69) is 69.3 Å². The summed E-state index contributed by atoms with van der Waals surface area (Å²) in [5.41, 5.74) is 11.4. The molecule has 0 aromatic heterocycles. The number of esters is 2. The van der Waals surface area contributed by atoms with Crippen molar-refractivity contribution in [3.05, 3.63) is 139 Å². The number of hydrogen-bond acceptors (Lipinski definition) is 4. The van der Waals surface area contributed by atoms with Crippen LogP contribution in [-0.2, 0) is 9.59 Å². The van der Waals surface area contributed by atoms with E-state index in [1.165, 1.54) is 0 Å². The lowest BCUT2D eigenvalue weighted by atomic mass is 9.96. The summed E-state index contributed by atoms with van der Waals surface area (Å²) in [6.45, 7) is 22.7. The number of ether oxygens (including phenoxy) is 2. The molecule has 0 atom stereocenters. The fourth-order valence-electron chi connectivity index (χ4n) is 4.90. The lowest BCUT2D eigenvalue weighted by Crippen LogP contribution is -2.09. The normalized spacial score (nSPS) is 11.2. The van der Waals surface area contributed by atoms with Crippen LogP contribution in [0.2, 0.25) is 0 Å². The summed E-state index contributed by atoms with van der Waals surface area (Å²) in [5.74, 6) is -0.0675. The topological polar surface area (TPSA) is 52.6 Å². The minimum absolute atomic E-state index is 0.330. The molecule has 42 heavy (non-hydrogen) atoms. The Hall–Kier alpha value is -5.48.